The second-order valence-corrected chi connectivity index (χ2v) is 7.40. The summed E-state index contributed by atoms with van der Waals surface area (Å²) in [4.78, 5) is 12.8. The number of halogens is 6. The van der Waals surface area contributed by atoms with Crippen LogP contribution in [0.15, 0.2) is 23.1 Å². The van der Waals surface area contributed by atoms with Crippen LogP contribution in [0, 0.1) is 13.8 Å². The molecular weight excluding hydrogens is 418 g/mol. The van der Waals surface area contributed by atoms with Gasteiger partial charge in [-0.25, -0.2) is 13.2 Å². The fraction of sp³-hybridized carbons (Fsp3) is 0.267. The summed E-state index contributed by atoms with van der Waals surface area (Å²) in [6.07, 6.45) is -10.3. The number of sulfonamides is 1. The van der Waals surface area contributed by atoms with Gasteiger partial charge in [0, 0.05) is 11.3 Å². The first-order chi connectivity index (χ1) is 12.5. The van der Waals surface area contributed by atoms with E-state index in [4.69, 9.17) is 5.11 Å². The van der Waals surface area contributed by atoms with Crippen LogP contribution in [0.1, 0.15) is 32.9 Å². The summed E-state index contributed by atoms with van der Waals surface area (Å²) in [7, 11) is -4.69. The average Bonchev–Trinajstić information content (AvgIpc) is 2.80. The molecule has 0 aliphatic heterocycles. The smallest absolute Gasteiger partial charge is 0.416 e. The van der Waals surface area contributed by atoms with Crippen LogP contribution in [0.25, 0.3) is 0 Å². The number of anilines is 1. The van der Waals surface area contributed by atoms with Crippen molar-refractivity contribution in [2.45, 2.75) is 31.1 Å². The van der Waals surface area contributed by atoms with E-state index < -0.39 is 55.7 Å². The topological polar surface area (TPSA) is 99.3 Å². The number of alkyl halides is 6. The molecule has 0 bridgehead atoms. The standard InChI is InChI=1S/C15H12F6N2O4S/c1-6-11(13(24)25)22-7(2)12(6)28(26,27)23-10-4-8(14(16,17)18)3-9(5-10)15(19,20)21/h3-5,22-23H,1-2H3,(H,24,25). The Kier molecular flexibility index (Phi) is 5.19. The van der Waals surface area contributed by atoms with Crippen LogP contribution in [0.2, 0.25) is 0 Å². The van der Waals surface area contributed by atoms with E-state index >= 15 is 0 Å². The lowest BCUT2D eigenvalue weighted by Crippen LogP contribution is -2.17. The Bertz CT molecular complexity index is 1010. The zero-order valence-corrected chi connectivity index (χ0v) is 14.9. The molecule has 28 heavy (non-hydrogen) atoms. The molecule has 1 aromatic heterocycles. The number of carboxylic acids is 1. The largest absolute Gasteiger partial charge is 0.477 e. The number of hydrogen-bond acceptors (Lipinski definition) is 3. The minimum atomic E-state index is -5.15. The van der Waals surface area contributed by atoms with E-state index in [2.05, 4.69) is 4.98 Å². The van der Waals surface area contributed by atoms with Gasteiger partial charge in [-0.2, -0.15) is 26.3 Å². The maximum Gasteiger partial charge on any atom is 0.416 e. The van der Waals surface area contributed by atoms with Crippen LogP contribution in [0.3, 0.4) is 0 Å². The lowest BCUT2D eigenvalue weighted by Gasteiger charge is -2.15. The Morgan fingerprint density at radius 3 is 1.82 bits per heavy atom. The number of rotatable bonds is 4. The molecule has 0 unspecified atom stereocenters. The van der Waals surface area contributed by atoms with Crippen molar-refractivity contribution in [1.82, 2.24) is 4.98 Å². The molecule has 0 saturated carbocycles. The van der Waals surface area contributed by atoms with Crippen LogP contribution in [-0.2, 0) is 22.4 Å². The van der Waals surface area contributed by atoms with Gasteiger partial charge in [0.1, 0.15) is 10.6 Å². The first-order valence-electron chi connectivity index (χ1n) is 7.29. The summed E-state index contributed by atoms with van der Waals surface area (Å²) in [5, 5.41) is 9.01. The van der Waals surface area contributed by atoms with Gasteiger partial charge in [-0.15, -0.1) is 0 Å². The fourth-order valence-corrected chi connectivity index (χ4v) is 4.06. The number of aromatic carboxylic acids is 1. The number of carboxylic acid groups (broad SMARTS) is 1. The van der Waals surface area contributed by atoms with Crippen molar-refractivity contribution in [1.29, 1.82) is 0 Å². The molecule has 154 valence electrons. The number of aryl methyl sites for hydroxylation is 1. The Balaban J connectivity index is 2.60. The second-order valence-electron chi connectivity index (χ2n) is 5.78. The minimum Gasteiger partial charge on any atom is -0.477 e. The van der Waals surface area contributed by atoms with Gasteiger partial charge in [0.05, 0.1) is 16.8 Å². The number of aromatic nitrogens is 1. The summed E-state index contributed by atoms with van der Waals surface area (Å²) < 4.78 is 104. The molecule has 6 nitrogen and oxygen atoms in total. The van der Waals surface area contributed by atoms with E-state index in [9.17, 15) is 39.6 Å². The molecule has 0 aliphatic rings. The molecule has 1 heterocycles. The summed E-state index contributed by atoms with van der Waals surface area (Å²) in [5.74, 6) is -1.49. The normalized spacial score (nSPS) is 12.9. The summed E-state index contributed by atoms with van der Waals surface area (Å²) in [5.41, 5.74) is -5.25. The fourth-order valence-electron chi connectivity index (χ4n) is 2.57. The van der Waals surface area contributed by atoms with Crippen molar-refractivity contribution in [3.8, 4) is 0 Å². The van der Waals surface area contributed by atoms with Gasteiger partial charge in [0.15, 0.2) is 0 Å². The number of carbonyl (C=O) groups is 1. The molecule has 0 saturated heterocycles. The quantitative estimate of drug-likeness (QED) is 0.634. The molecule has 3 N–H and O–H groups in total. The van der Waals surface area contributed by atoms with Crippen molar-refractivity contribution >= 4 is 21.7 Å². The predicted octanol–water partition coefficient (Wildman–Crippen LogP) is 4.17. The van der Waals surface area contributed by atoms with Crippen LogP contribution in [0.5, 0.6) is 0 Å². The molecule has 0 spiro atoms. The van der Waals surface area contributed by atoms with Crippen molar-refractivity contribution in [2.24, 2.45) is 0 Å². The van der Waals surface area contributed by atoms with Gasteiger partial charge in [-0.1, -0.05) is 0 Å². The van der Waals surface area contributed by atoms with E-state index in [1.807, 2.05) is 0 Å². The molecule has 0 aliphatic carbocycles. The summed E-state index contributed by atoms with van der Waals surface area (Å²) in [6.45, 7) is 2.33. The van der Waals surface area contributed by atoms with Crippen LogP contribution in [0.4, 0.5) is 32.0 Å². The number of benzene rings is 1. The zero-order valence-electron chi connectivity index (χ0n) is 14.1. The van der Waals surface area contributed by atoms with Crippen LogP contribution < -0.4 is 4.72 Å². The van der Waals surface area contributed by atoms with E-state index in [0.717, 1.165) is 6.92 Å². The lowest BCUT2D eigenvalue weighted by molar-refractivity contribution is -0.143. The summed E-state index contributed by atoms with van der Waals surface area (Å²) >= 11 is 0. The molecule has 1 aromatic carbocycles. The molecule has 0 fully saturated rings. The monoisotopic (exact) mass is 430 g/mol. The highest BCUT2D eigenvalue weighted by Crippen LogP contribution is 2.38. The highest BCUT2D eigenvalue weighted by molar-refractivity contribution is 7.92. The van der Waals surface area contributed by atoms with Gasteiger partial charge in [-0.3, -0.25) is 4.72 Å². The van der Waals surface area contributed by atoms with Crippen LogP contribution >= 0.6 is 0 Å². The number of aromatic amines is 1. The van der Waals surface area contributed by atoms with Crippen molar-refractivity contribution in [3.63, 3.8) is 0 Å². The molecule has 0 amide bonds. The van der Waals surface area contributed by atoms with Gasteiger partial charge >= 0.3 is 18.3 Å². The molecule has 0 atom stereocenters. The van der Waals surface area contributed by atoms with E-state index in [0.29, 0.717) is 0 Å². The van der Waals surface area contributed by atoms with E-state index in [-0.39, 0.29) is 29.5 Å². The second kappa shape index (κ2) is 6.72. The Hall–Kier alpha value is -2.70. The van der Waals surface area contributed by atoms with Gasteiger partial charge < -0.3 is 10.1 Å². The van der Waals surface area contributed by atoms with Crippen molar-refractivity contribution < 1.29 is 44.7 Å². The highest BCUT2D eigenvalue weighted by atomic mass is 32.2. The Morgan fingerprint density at radius 2 is 1.46 bits per heavy atom. The van der Waals surface area contributed by atoms with Gasteiger partial charge in [-0.05, 0) is 32.0 Å². The Morgan fingerprint density at radius 1 is 1.00 bits per heavy atom. The highest BCUT2D eigenvalue weighted by Gasteiger charge is 2.37. The van der Waals surface area contributed by atoms with Gasteiger partial charge in [0.2, 0.25) is 0 Å². The van der Waals surface area contributed by atoms with Crippen LogP contribution in [-0.4, -0.2) is 24.5 Å². The molecule has 0 radical (unpaired) electrons. The number of H-pyrrole nitrogens is 1. The number of hydrogen-bond donors (Lipinski definition) is 3. The zero-order chi connectivity index (χ0) is 21.7. The lowest BCUT2D eigenvalue weighted by atomic mass is 10.1. The molecule has 2 rings (SSSR count). The maximum atomic E-state index is 12.9. The third kappa shape index (κ3) is 4.24. The first-order valence-corrected chi connectivity index (χ1v) is 8.77. The average molecular weight is 430 g/mol. The van der Waals surface area contributed by atoms with Gasteiger partial charge in [0.25, 0.3) is 10.0 Å². The van der Waals surface area contributed by atoms with E-state index in [1.165, 1.54) is 6.92 Å². The molecule has 13 heteroatoms. The maximum absolute atomic E-state index is 12.9. The third-order valence-electron chi connectivity index (χ3n) is 3.69. The van der Waals surface area contributed by atoms with Crippen molar-refractivity contribution in [2.75, 3.05) is 4.72 Å². The number of nitrogens with one attached hydrogen (secondary N) is 2. The van der Waals surface area contributed by atoms with E-state index in [1.54, 1.807) is 4.72 Å². The third-order valence-corrected chi connectivity index (χ3v) is 5.35. The molecular formula is C15H12F6N2O4S. The predicted molar refractivity (Wildman–Crippen MR) is 84.5 cm³/mol. The first kappa shape index (κ1) is 21.6. The SMILES string of the molecule is Cc1[nH]c(C(=O)O)c(C)c1S(=O)(=O)Nc1cc(C(F)(F)F)cc(C(F)(F)F)c1. The van der Waals surface area contributed by atoms with Crippen molar-refractivity contribution in [3.05, 3.63) is 46.3 Å². The Labute approximate surface area is 154 Å². The molecule has 2 aromatic rings. The minimum absolute atomic E-state index is 0.146. The summed E-state index contributed by atoms with van der Waals surface area (Å²) in [6, 6.07) is 0.275.